The molecule has 3 heterocycles. The third-order valence-electron chi connectivity index (χ3n) is 3.36. The maximum Gasteiger partial charge on any atom is 0.264 e. The van der Waals surface area contributed by atoms with Crippen LogP contribution in [0.15, 0.2) is 18.3 Å². The molecule has 0 aromatic carbocycles. The molecule has 0 N–H and O–H groups in total. The van der Waals surface area contributed by atoms with Crippen LogP contribution in [0.2, 0.25) is 5.02 Å². The summed E-state index contributed by atoms with van der Waals surface area (Å²) in [6, 6.07) is 3.38. The SMILES string of the molecule is CO[C@@H]1CN(C(=O)c2cc3nccc(Cl)c3s2)CC1F. The molecule has 0 bridgehead atoms. The molecule has 3 rings (SSSR count). The molecule has 0 spiro atoms. The van der Waals surface area contributed by atoms with E-state index in [1.54, 1.807) is 18.3 Å². The smallest absolute Gasteiger partial charge is 0.264 e. The van der Waals surface area contributed by atoms with Gasteiger partial charge in [0.05, 0.1) is 33.2 Å². The monoisotopic (exact) mass is 314 g/mol. The van der Waals surface area contributed by atoms with Gasteiger partial charge in [0.15, 0.2) is 0 Å². The molecule has 7 heteroatoms. The Morgan fingerprint density at radius 3 is 3.05 bits per heavy atom. The van der Waals surface area contributed by atoms with Gasteiger partial charge in [0, 0.05) is 13.3 Å². The number of pyridine rings is 1. The molecule has 20 heavy (non-hydrogen) atoms. The van der Waals surface area contributed by atoms with Gasteiger partial charge >= 0.3 is 0 Å². The third-order valence-corrected chi connectivity index (χ3v) is 4.94. The van der Waals surface area contributed by atoms with Crippen LogP contribution in [0.5, 0.6) is 0 Å². The highest BCUT2D eigenvalue weighted by atomic mass is 35.5. The average Bonchev–Trinajstić information content (AvgIpc) is 3.02. The highest BCUT2D eigenvalue weighted by molar-refractivity contribution is 7.21. The first-order valence-corrected chi connectivity index (χ1v) is 7.30. The lowest BCUT2D eigenvalue weighted by Crippen LogP contribution is -2.29. The minimum atomic E-state index is -1.14. The Bertz CT molecular complexity index is 663. The van der Waals surface area contributed by atoms with Crippen LogP contribution in [-0.4, -0.2) is 48.3 Å². The summed E-state index contributed by atoms with van der Waals surface area (Å²) in [6.07, 6.45) is -0.0878. The number of amides is 1. The Kier molecular flexibility index (Phi) is 3.62. The quantitative estimate of drug-likeness (QED) is 0.856. The molecule has 2 aromatic heterocycles. The molecular weight excluding hydrogens is 303 g/mol. The van der Waals surface area contributed by atoms with Crippen molar-refractivity contribution in [2.24, 2.45) is 0 Å². The fourth-order valence-electron chi connectivity index (χ4n) is 2.29. The van der Waals surface area contributed by atoms with Crippen molar-refractivity contribution < 1.29 is 13.9 Å². The van der Waals surface area contributed by atoms with Gasteiger partial charge in [0.25, 0.3) is 5.91 Å². The molecule has 2 atom stereocenters. The first kappa shape index (κ1) is 13.7. The topological polar surface area (TPSA) is 42.4 Å². The molecule has 1 aliphatic heterocycles. The van der Waals surface area contributed by atoms with E-state index in [4.69, 9.17) is 16.3 Å². The van der Waals surface area contributed by atoms with E-state index >= 15 is 0 Å². The number of carbonyl (C=O) groups excluding carboxylic acids is 1. The van der Waals surface area contributed by atoms with Crippen LogP contribution in [-0.2, 0) is 4.74 Å². The summed E-state index contributed by atoms with van der Waals surface area (Å²) in [6.45, 7) is 0.332. The zero-order valence-electron chi connectivity index (χ0n) is 10.7. The second kappa shape index (κ2) is 5.27. The molecule has 1 fully saturated rings. The van der Waals surface area contributed by atoms with Gasteiger partial charge in [0.1, 0.15) is 12.3 Å². The highest BCUT2D eigenvalue weighted by Crippen LogP contribution is 2.31. The van der Waals surface area contributed by atoms with Crippen LogP contribution >= 0.6 is 22.9 Å². The second-order valence-corrected chi connectivity index (χ2v) is 6.08. The lowest BCUT2D eigenvalue weighted by atomic mass is 10.3. The lowest BCUT2D eigenvalue weighted by molar-refractivity contribution is 0.0596. The number of hydrogen-bond donors (Lipinski definition) is 0. The Morgan fingerprint density at radius 2 is 2.40 bits per heavy atom. The Morgan fingerprint density at radius 1 is 1.60 bits per heavy atom. The molecule has 0 aliphatic carbocycles. The van der Waals surface area contributed by atoms with E-state index in [0.717, 1.165) is 4.70 Å². The standard InChI is InChI=1S/C13H12ClFN2O2S/c1-19-10-6-17(5-8(10)15)13(18)11-4-9-12(20-11)7(14)2-3-16-9/h2-4,8,10H,5-6H2,1H3/t8?,10-/m1/s1. The van der Waals surface area contributed by atoms with Gasteiger partial charge in [-0.3, -0.25) is 9.78 Å². The number of rotatable bonds is 2. The zero-order chi connectivity index (χ0) is 14.3. The molecule has 2 aromatic rings. The van der Waals surface area contributed by atoms with Gasteiger partial charge in [-0.1, -0.05) is 11.6 Å². The first-order valence-electron chi connectivity index (χ1n) is 6.10. The fourth-order valence-corrected chi connectivity index (χ4v) is 3.55. The van der Waals surface area contributed by atoms with E-state index in [1.165, 1.54) is 23.3 Å². The summed E-state index contributed by atoms with van der Waals surface area (Å²) >= 11 is 7.35. The molecule has 1 unspecified atom stereocenters. The molecule has 106 valence electrons. The van der Waals surface area contributed by atoms with Crippen molar-refractivity contribution in [2.75, 3.05) is 20.2 Å². The first-order chi connectivity index (χ1) is 9.60. The van der Waals surface area contributed by atoms with Gasteiger partial charge < -0.3 is 9.64 Å². The maximum absolute atomic E-state index is 13.6. The van der Waals surface area contributed by atoms with Gasteiger partial charge in [0.2, 0.25) is 0 Å². The van der Waals surface area contributed by atoms with E-state index in [9.17, 15) is 9.18 Å². The van der Waals surface area contributed by atoms with E-state index in [1.807, 2.05) is 0 Å². The predicted molar refractivity (Wildman–Crippen MR) is 76.2 cm³/mol. The number of methoxy groups -OCH3 is 1. The summed E-state index contributed by atoms with van der Waals surface area (Å²) in [7, 11) is 1.45. The van der Waals surface area contributed by atoms with Crippen LogP contribution in [0.4, 0.5) is 4.39 Å². The zero-order valence-corrected chi connectivity index (χ0v) is 12.2. The lowest BCUT2D eigenvalue weighted by Gasteiger charge is -2.13. The highest BCUT2D eigenvalue weighted by Gasteiger charge is 2.36. The van der Waals surface area contributed by atoms with Gasteiger partial charge in [-0.25, -0.2) is 4.39 Å². The van der Waals surface area contributed by atoms with E-state index in [-0.39, 0.29) is 19.0 Å². The molecule has 0 saturated carbocycles. The number of carbonyl (C=O) groups is 1. The summed E-state index contributed by atoms with van der Waals surface area (Å²) in [5, 5.41) is 0.568. The van der Waals surface area contributed by atoms with Gasteiger partial charge in [-0.05, 0) is 12.1 Å². The molecular formula is C13H12ClFN2O2S. The van der Waals surface area contributed by atoms with Crippen molar-refractivity contribution in [3.8, 4) is 0 Å². The fraction of sp³-hybridized carbons (Fsp3) is 0.385. The normalized spacial score (nSPS) is 22.6. The van der Waals surface area contributed by atoms with Crippen LogP contribution in [0.25, 0.3) is 10.2 Å². The number of fused-ring (bicyclic) bond motifs is 1. The Balaban J connectivity index is 1.88. The number of hydrogen-bond acceptors (Lipinski definition) is 4. The number of likely N-dealkylation sites (tertiary alicyclic amines) is 1. The molecule has 1 amide bonds. The number of alkyl halides is 1. The van der Waals surface area contributed by atoms with Crippen LogP contribution in [0, 0.1) is 0 Å². The van der Waals surface area contributed by atoms with Crippen LogP contribution in [0.3, 0.4) is 0 Å². The summed E-state index contributed by atoms with van der Waals surface area (Å²) in [5.41, 5.74) is 0.685. The minimum absolute atomic E-state index is 0.0622. The van der Waals surface area contributed by atoms with Gasteiger partial charge in [-0.15, -0.1) is 11.3 Å². The summed E-state index contributed by atoms with van der Waals surface area (Å²) < 4.78 is 19.4. The molecule has 4 nitrogen and oxygen atoms in total. The van der Waals surface area contributed by atoms with Crippen molar-refractivity contribution >= 4 is 39.1 Å². The van der Waals surface area contributed by atoms with Crippen molar-refractivity contribution in [3.05, 3.63) is 28.2 Å². The second-order valence-electron chi connectivity index (χ2n) is 4.62. The number of thiophene rings is 1. The van der Waals surface area contributed by atoms with Crippen LogP contribution < -0.4 is 0 Å². The number of nitrogens with zero attached hydrogens (tertiary/aromatic N) is 2. The van der Waals surface area contributed by atoms with Crippen molar-refractivity contribution in [3.63, 3.8) is 0 Å². The Hall–Kier alpha value is -1.24. The summed E-state index contributed by atoms with van der Waals surface area (Å²) in [5.74, 6) is -0.203. The number of halogens is 2. The van der Waals surface area contributed by atoms with Crippen LogP contribution in [0.1, 0.15) is 9.67 Å². The number of ether oxygens (including phenoxy) is 1. The third kappa shape index (κ3) is 2.28. The Labute approximate surface area is 124 Å². The predicted octanol–water partition coefficient (Wildman–Crippen LogP) is 2.76. The largest absolute Gasteiger partial charge is 0.377 e. The molecule has 0 radical (unpaired) electrons. The average molecular weight is 315 g/mol. The summed E-state index contributed by atoms with van der Waals surface area (Å²) in [4.78, 5) is 18.5. The van der Waals surface area contributed by atoms with E-state index in [2.05, 4.69) is 4.98 Å². The molecule has 1 aliphatic rings. The van der Waals surface area contributed by atoms with E-state index in [0.29, 0.717) is 15.4 Å². The van der Waals surface area contributed by atoms with E-state index < -0.39 is 12.3 Å². The molecule has 1 saturated heterocycles. The maximum atomic E-state index is 13.6. The van der Waals surface area contributed by atoms with Crippen molar-refractivity contribution in [1.82, 2.24) is 9.88 Å². The van der Waals surface area contributed by atoms with Crippen molar-refractivity contribution in [2.45, 2.75) is 12.3 Å². The number of aromatic nitrogens is 1. The van der Waals surface area contributed by atoms with Crippen molar-refractivity contribution in [1.29, 1.82) is 0 Å². The van der Waals surface area contributed by atoms with Gasteiger partial charge in [-0.2, -0.15) is 0 Å². The minimum Gasteiger partial charge on any atom is -0.377 e.